The van der Waals surface area contributed by atoms with Crippen molar-refractivity contribution in [2.45, 2.75) is 26.3 Å². The zero-order chi connectivity index (χ0) is 12.3. The molecule has 0 amide bonds. The van der Waals surface area contributed by atoms with Gasteiger partial charge in [-0.2, -0.15) is 0 Å². The third kappa shape index (κ3) is 2.86. The number of thiophene rings is 1. The van der Waals surface area contributed by atoms with Gasteiger partial charge >= 0.3 is 0 Å². The Hall–Kier alpha value is -1.35. The summed E-state index contributed by atoms with van der Waals surface area (Å²) in [6, 6.07) is 9.27. The van der Waals surface area contributed by atoms with Crippen molar-refractivity contribution in [2.24, 2.45) is 0 Å². The minimum Gasteiger partial charge on any atom is -0.377 e. The molecule has 0 aliphatic rings. The fourth-order valence-electron chi connectivity index (χ4n) is 1.80. The largest absolute Gasteiger partial charge is 0.377 e. The summed E-state index contributed by atoms with van der Waals surface area (Å²) in [4.78, 5) is 1.29. The van der Waals surface area contributed by atoms with Crippen LogP contribution in [0.5, 0.6) is 0 Å². The molecule has 1 aromatic carbocycles. The van der Waals surface area contributed by atoms with E-state index < -0.39 is 0 Å². The maximum Gasteiger partial charge on any atom is 0.125 e. The lowest BCUT2D eigenvalue weighted by atomic mass is 10.1. The quantitative estimate of drug-likeness (QED) is 0.823. The van der Waals surface area contributed by atoms with Gasteiger partial charge in [-0.3, -0.25) is 0 Å². The van der Waals surface area contributed by atoms with Gasteiger partial charge in [-0.1, -0.05) is 19.1 Å². The van der Waals surface area contributed by atoms with E-state index in [9.17, 15) is 4.39 Å². The van der Waals surface area contributed by atoms with Crippen molar-refractivity contribution < 1.29 is 4.39 Å². The second kappa shape index (κ2) is 5.32. The molecule has 0 radical (unpaired) electrons. The van der Waals surface area contributed by atoms with Crippen LogP contribution in [0.1, 0.15) is 29.8 Å². The number of rotatable bonds is 4. The van der Waals surface area contributed by atoms with Gasteiger partial charge in [0.2, 0.25) is 0 Å². The predicted molar refractivity (Wildman–Crippen MR) is 72.1 cm³/mol. The molecule has 1 unspecified atom stereocenters. The van der Waals surface area contributed by atoms with E-state index >= 15 is 0 Å². The second-order valence-electron chi connectivity index (χ2n) is 4.08. The van der Waals surface area contributed by atoms with E-state index in [4.69, 9.17) is 0 Å². The Bertz CT molecular complexity index is 479. The summed E-state index contributed by atoms with van der Waals surface area (Å²) < 4.78 is 13.2. The molecule has 0 aliphatic heterocycles. The third-order valence-electron chi connectivity index (χ3n) is 2.82. The van der Waals surface area contributed by atoms with E-state index in [1.165, 1.54) is 10.9 Å². The van der Waals surface area contributed by atoms with Crippen LogP contribution in [0.15, 0.2) is 35.7 Å². The van der Waals surface area contributed by atoms with E-state index in [0.717, 1.165) is 17.7 Å². The number of benzene rings is 1. The molecule has 90 valence electrons. The van der Waals surface area contributed by atoms with Crippen LogP contribution in [-0.4, -0.2) is 0 Å². The zero-order valence-electron chi connectivity index (χ0n) is 10.0. The van der Waals surface area contributed by atoms with Crippen LogP contribution in [-0.2, 0) is 0 Å². The van der Waals surface area contributed by atoms with E-state index in [1.54, 1.807) is 23.5 Å². The average Bonchev–Trinajstić information content (AvgIpc) is 2.84. The summed E-state index contributed by atoms with van der Waals surface area (Å²) in [5.74, 6) is -0.195. The Labute approximate surface area is 105 Å². The molecule has 1 atom stereocenters. The first kappa shape index (κ1) is 12.1. The number of halogens is 1. The number of aryl methyl sites for hydroxylation is 1. The van der Waals surface area contributed by atoms with Crippen LogP contribution in [0.3, 0.4) is 0 Å². The molecule has 17 heavy (non-hydrogen) atoms. The van der Waals surface area contributed by atoms with E-state index in [2.05, 4.69) is 23.7 Å². The number of anilines is 1. The minimum atomic E-state index is -0.195. The third-order valence-corrected chi connectivity index (χ3v) is 3.81. The molecule has 3 heteroatoms. The molecular formula is C14H16FNS. The van der Waals surface area contributed by atoms with Gasteiger partial charge in [-0.15, -0.1) is 11.3 Å². The first-order chi connectivity index (χ1) is 8.20. The van der Waals surface area contributed by atoms with Crippen molar-refractivity contribution in [3.8, 4) is 0 Å². The van der Waals surface area contributed by atoms with Crippen molar-refractivity contribution in [3.63, 3.8) is 0 Å². The molecule has 1 heterocycles. The molecule has 0 saturated heterocycles. The van der Waals surface area contributed by atoms with Gasteiger partial charge in [0.1, 0.15) is 5.82 Å². The topological polar surface area (TPSA) is 12.0 Å². The smallest absolute Gasteiger partial charge is 0.125 e. The summed E-state index contributed by atoms with van der Waals surface area (Å²) in [7, 11) is 0. The van der Waals surface area contributed by atoms with Gasteiger partial charge in [-0.25, -0.2) is 4.39 Å². The Morgan fingerprint density at radius 1 is 1.35 bits per heavy atom. The van der Waals surface area contributed by atoms with Gasteiger partial charge in [0.05, 0.1) is 6.04 Å². The van der Waals surface area contributed by atoms with E-state index in [0.29, 0.717) is 0 Å². The molecule has 1 nitrogen and oxygen atoms in total. The molecule has 2 aromatic rings. The van der Waals surface area contributed by atoms with Crippen molar-refractivity contribution in [2.75, 3.05) is 5.32 Å². The highest BCUT2D eigenvalue weighted by atomic mass is 32.1. The average molecular weight is 249 g/mol. The monoisotopic (exact) mass is 249 g/mol. The SMILES string of the molecule is CCC(Nc1cc(F)ccc1C)c1cccs1. The van der Waals surface area contributed by atoms with Crippen molar-refractivity contribution in [1.82, 2.24) is 0 Å². The molecule has 0 fully saturated rings. The summed E-state index contributed by atoms with van der Waals surface area (Å²) >= 11 is 1.73. The maximum absolute atomic E-state index is 13.2. The van der Waals surface area contributed by atoms with Crippen LogP contribution >= 0.6 is 11.3 Å². The second-order valence-corrected chi connectivity index (χ2v) is 5.06. The lowest BCUT2D eigenvalue weighted by molar-refractivity contribution is 0.627. The summed E-state index contributed by atoms with van der Waals surface area (Å²) in [6.45, 7) is 4.12. The van der Waals surface area contributed by atoms with Crippen molar-refractivity contribution in [3.05, 3.63) is 52.0 Å². The number of nitrogens with one attached hydrogen (secondary N) is 1. The molecule has 0 bridgehead atoms. The maximum atomic E-state index is 13.2. The van der Waals surface area contributed by atoms with Crippen LogP contribution in [0, 0.1) is 12.7 Å². The Morgan fingerprint density at radius 2 is 2.18 bits per heavy atom. The molecule has 0 aliphatic carbocycles. The van der Waals surface area contributed by atoms with Crippen LogP contribution in [0.4, 0.5) is 10.1 Å². The van der Waals surface area contributed by atoms with Gasteiger partial charge in [0.25, 0.3) is 0 Å². The number of hydrogen-bond donors (Lipinski definition) is 1. The first-order valence-corrected chi connectivity index (χ1v) is 6.64. The predicted octanol–water partition coefficient (Wildman–Crippen LogP) is 4.76. The summed E-state index contributed by atoms with van der Waals surface area (Å²) in [5.41, 5.74) is 1.95. The molecule has 2 rings (SSSR count). The van der Waals surface area contributed by atoms with Crippen molar-refractivity contribution in [1.29, 1.82) is 0 Å². The van der Waals surface area contributed by atoms with Gasteiger partial charge in [0, 0.05) is 10.6 Å². The highest BCUT2D eigenvalue weighted by molar-refractivity contribution is 7.10. The molecule has 1 N–H and O–H groups in total. The highest BCUT2D eigenvalue weighted by Crippen LogP contribution is 2.27. The lowest BCUT2D eigenvalue weighted by Crippen LogP contribution is -2.09. The fraction of sp³-hybridized carbons (Fsp3) is 0.286. The fourth-order valence-corrected chi connectivity index (χ4v) is 2.66. The van der Waals surface area contributed by atoms with Crippen molar-refractivity contribution >= 4 is 17.0 Å². The van der Waals surface area contributed by atoms with Crippen LogP contribution in [0.2, 0.25) is 0 Å². The molecule has 1 aromatic heterocycles. The zero-order valence-corrected chi connectivity index (χ0v) is 10.9. The van der Waals surface area contributed by atoms with Gasteiger partial charge in [0.15, 0.2) is 0 Å². The summed E-state index contributed by atoms with van der Waals surface area (Å²) in [5, 5.41) is 5.48. The van der Waals surface area contributed by atoms with E-state index in [-0.39, 0.29) is 11.9 Å². The number of hydrogen-bond acceptors (Lipinski definition) is 2. The Morgan fingerprint density at radius 3 is 2.82 bits per heavy atom. The standard InChI is InChI=1S/C14H16FNS/c1-3-12(14-5-4-8-17-14)16-13-9-11(15)7-6-10(13)2/h4-9,12,16H,3H2,1-2H3. The van der Waals surface area contributed by atoms with Gasteiger partial charge < -0.3 is 5.32 Å². The van der Waals surface area contributed by atoms with Crippen LogP contribution < -0.4 is 5.32 Å². The first-order valence-electron chi connectivity index (χ1n) is 5.76. The molecule has 0 spiro atoms. The molecule has 0 saturated carbocycles. The van der Waals surface area contributed by atoms with Gasteiger partial charge in [-0.05, 0) is 42.5 Å². The molecular weight excluding hydrogens is 233 g/mol. The highest BCUT2D eigenvalue weighted by Gasteiger charge is 2.11. The Balaban J connectivity index is 2.21. The van der Waals surface area contributed by atoms with E-state index in [1.807, 2.05) is 13.0 Å². The lowest BCUT2D eigenvalue weighted by Gasteiger charge is -2.18. The van der Waals surface area contributed by atoms with Crippen LogP contribution in [0.25, 0.3) is 0 Å². The summed E-state index contributed by atoms with van der Waals surface area (Å²) in [6.07, 6.45) is 0.983. The minimum absolute atomic E-state index is 0.195. The Kier molecular flexibility index (Phi) is 3.79. The normalized spacial score (nSPS) is 12.4.